The van der Waals surface area contributed by atoms with Gasteiger partial charge in [0.2, 0.25) is 0 Å². The molecular formula is C2H5BIN3. The predicted octanol–water partition coefficient (Wildman–Crippen LogP) is -0.688. The summed E-state index contributed by atoms with van der Waals surface area (Å²) in [5.74, 6) is 0. The zero-order valence-electron chi connectivity index (χ0n) is 3.93. The molecule has 0 heterocycles. The van der Waals surface area contributed by atoms with Crippen LogP contribution in [0.4, 0.5) is 0 Å². The van der Waals surface area contributed by atoms with Gasteiger partial charge in [0.15, 0.2) is 7.85 Å². The van der Waals surface area contributed by atoms with Crippen molar-refractivity contribution in [1.29, 1.82) is 0 Å². The first-order valence-electron chi connectivity index (χ1n) is 1.70. The highest BCUT2D eigenvalue weighted by Crippen LogP contribution is 1.82. The van der Waals surface area contributed by atoms with Crippen LogP contribution in [0.25, 0.3) is 0 Å². The van der Waals surface area contributed by atoms with Gasteiger partial charge in [-0.3, -0.25) is 0 Å². The van der Waals surface area contributed by atoms with Crippen LogP contribution in [-0.4, -0.2) is 17.8 Å². The van der Waals surface area contributed by atoms with Crippen LogP contribution in [0.1, 0.15) is 0 Å². The summed E-state index contributed by atoms with van der Waals surface area (Å²) in [7, 11) is 1.84. The second kappa shape index (κ2) is 4.10. The first-order chi connectivity index (χ1) is 3.27. The van der Waals surface area contributed by atoms with Gasteiger partial charge in [-0.2, -0.15) is 5.10 Å². The fourth-order valence-electron chi connectivity index (χ4n) is 0.113. The SMILES string of the molecule is B/C(I)=N/N=C\N. The Morgan fingerprint density at radius 1 is 1.86 bits per heavy atom. The van der Waals surface area contributed by atoms with Crippen LogP contribution in [-0.2, 0) is 0 Å². The summed E-state index contributed by atoms with van der Waals surface area (Å²) >= 11 is 2.05. The van der Waals surface area contributed by atoms with E-state index in [1.165, 1.54) is 0 Å². The number of rotatable bonds is 1. The van der Waals surface area contributed by atoms with Gasteiger partial charge in [0, 0.05) is 0 Å². The van der Waals surface area contributed by atoms with Gasteiger partial charge in [0.05, 0.1) is 3.62 Å². The van der Waals surface area contributed by atoms with E-state index < -0.39 is 0 Å². The minimum atomic E-state index is 0.874. The van der Waals surface area contributed by atoms with Crippen molar-refractivity contribution >= 4 is 40.4 Å². The Balaban J connectivity index is 3.46. The molecule has 0 saturated carbocycles. The summed E-state index contributed by atoms with van der Waals surface area (Å²) in [6, 6.07) is 0. The zero-order chi connectivity index (χ0) is 5.70. The standard InChI is InChI=1S/C2H5BIN3/c3-2(4)7-6-1-5/h1H,3H2,(H2,5,6)/b7-2-. The van der Waals surface area contributed by atoms with Crippen molar-refractivity contribution in [2.24, 2.45) is 15.9 Å². The molecule has 0 aliphatic heterocycles. The lowest BCUT2D eigenvalue weighted by atomic mass is 10.2. The third-order valence-corrected chi connectivity index (χ3v) is 0.478. The smallest absolute Gasteiger partial charge is 0.174 e. The lowest BCUT2D eigenvalue weighted by molar-refractivity contribution is 1.26. The van der Waals surface area contributed by atoms with Crippen LogP contribution in [0, 0.1) is 0 Å². The van der Waals surface area contributed by atoms with Gasteiger partial charge < -0.3 is 5.73 Å². The van der Waals surface area contributed by atoms with Gasteiger partial charge in [-0.05, 0) is 22.6 Å². The predicted molar refractivity (Wildman–Crippen MR) is 42.7 cm³/mol. The largest absolute Gasteiger partial charge is 0.388 e. The number of nitrogens with zero attached hydrogens (tertiary/aromatic N) is 2. The van der Waals surface area contributed by atoms with Gasteiger partial charge >= 0.3 is 0 Å². The Kier molecular flexibility index (Phi) is 4.07. The van der Waals surface area contributed by atoms with Gasteiger partial charge in [-0.25, -0.2) is 0 Å². The molecule has 0 unspecified atom stereocenters. The molecule has 0 aliphatic carbocycles. The average Bonchev–Trinajstić information content (AvgIpc) is 1.61. The average molecular weight is 209 g/mol. The quantitative estimate of drug-likeness (QED) is 0.201. The third kappa shape index (κ3) is 5.93. The molecule has 0 amide bonds. The number of halogens is 1. The van der Waals surface area contributed by atoms with E-state index in [4.69, 9.17) is 5.73 Å². The summed E-state index contributed by atoms with van der Waals surface area (Å²) in [6.45, 7) is 0. The number of hydrogen-bond donors (Lipinski definition) is 1. The molecular weight excluding hydrogens is 204 g/mol. The maximum atomic E-state index is 4.87. The minimum absolute atomic E-state index is 0.874. The lowest BCUT2D eigenvalue weighted by Gasteiger charge is -1.74. The molecule has 0 saturated heterocycles. The second-order valence-electron chi connectivity index (χ2n) is 0.862. The summed E-state index contributed by atoms with van der Waals surface area (Å²) in [4.78, 5) is 0. The monoisotopic (exact) mass is 209 g/mol. The van der Waals surface area contributed by atoms with E-state index in [9.17, 15) is 0 Å². The molecule has 0 aliphatic rings. The number of nitrogens with two attached hydrogens (primary N) is 1. The zero-order valence-corrected chi connectivity index (χ0v) is 6.08. The third-order valence-electron chi connectivity index (χ3n) is 0.262. The van der Waals surface area contributed by atoms with Crippen LogP contribution in [0.3, 0.4) is 0 Å². The highest BCUT2D eigenvalue weighted by atomic mass is 127. The van der Waals surface area contributed by atoms with Gasteiger partial charge in [-0.1, -0.05) is 0 Å². The first-order valence-corrected chi connectivity index (χ1v) is 2.78. The van der Waals surface area contributed by atoms with Crippen molar-refractivity contribution < 1.29 is 0 Å². The Bertz CT molecular complexity index is 95.1. The Morgan fingerprint density at radius 2 is 2.43 bits per heavy atom. The Morgan fingerprint density at radius 3 is 2.57 bits per heavy atom. The topological polar surface area (TPSA) is 50.7 Å². The molecule has 38 valence electrons. The van der Waals surface area contributed by atoms with Crippen molar-refractivity contribution in [2.45, 2.75) is 0 Å². The van der Waals surface area contributed by atoms with Gasteiger partial charge in [0.1, 0.15) is 6.34 Å². The highest BCUT2D eigenvalue weighted by molar-refractivity contribution is 14.1. The van der Waals surface area contributed by atoms with E-state index in [0.29, 0.717) is 0 Å². The van der Waals surface area contributed by atoms with Crippen LogP contribution in [0.2, 0.25) is 0 Å². The second-order valence-corrected chi connectivity index (χ2v) is 2.42. The lowest BCUT2D eigenvalue weighted by Crippen LogP contribution is -1.87. The molecule has 0 spiro atoms. The number of hydrogen-bond acceptors (Lipinski definition) is 2. The van der Waals surface area contributed by atoms with E-state index in [1.807, 2.05) is 30.4 Å². The summed E-state index contributed by atoms with van der Waals surface area (Å²) in [6.07, 6.45) is 1.15. The Hall–Kier alpha value is -0.0651. The highest BCUT2D eigenvalue weighted by Gasteiger charge is 1.71. The van der Waals surface area contributed by atoms with Crippen molar-refractivity contribution in [3.05, 3.63) is 0 Å². The molecule has 0 fully saturated rings. The van der Waals surface area contributed by atoms with Crippen molar-refractivity contribution in [3.63, 3.8) is 0 Å². The van der Waals surface area contributed by atoms with Gasteiger partial charge in [-0.15, -0.1) is 5.10 Å². The van der Waals surface area contributed by atoms with Crippen molar-refractivity contribution in [3.8, 4) is 0 Å². The molecule has 0 aromatic heterocycles. The van der Waals surface area contributed by atoms with E-state index in [2.05, 4.69) is 10.2 Å². The first kappa shape index (κ1) is 6.93. The fraction of sp³-hybridized carbons (Fsp3) is 0. The maximum absolute atomic E-state index is 4.87. The summed E-state index contributed by atoms with van der Waals surface area (Å²) in [5, 5.41) is 7.00. The molecule has 0 radical (unpaired) electrons. The van der Waals surface area contributed by atoms with Crippen LogP contribution in [0.5, 0.6) is 0 Å². The molecule has 0 atom stereocenters. The van der Waals surface area contributed by atoms with E-state index >= 15 is 0 Å². The summed E-state index contributed by atoms with van der Waals surface area (Å²) in [5.41, 5.74) is 4.87. The molecule has 5 heteroatoms. The fourth-order valence-corrected chi connectivity index (χ4v) is 0.237. The molecule has 0 aromatic carbocycles. The molecule has 0 rings (SSSR count). The molecule has 3 nitrogen and oxygen atoms in total. The van der Waals surface area contributed by atoms with Crippen molar-refractivity contribution in [2.75, 3.05) is 0 Å². The molecule has 0 bridgehead atoms. The van der Waals surface area contributed by atoms with Gasteiger partial charge in [0.25, 0.3) is 0 Å². The van der Waals surface area contributed by atoms with E-state index in [1.54, 1.807) is 0 Å². The minimum Gasteiger partial charge on any atom is -0.388 e. The van der Waals surface area contributed by atoms with Crippen molar-refractivity contribution in [1.82, 2.24) is 0 Å². The van der Waals surface area contributed by atoms with Crippen LogP contribution >= 0.6 is 22.6 Å². The van der Waals surface area contributed by atoms with E-state index in [0.717, 1.165) is 9.96 Å². The molecule has 0 aromatic rings. The molecule has 2 N–H and O–H groups in total. The maximum Gasteiger partial charge on any atom is 0.174 e. The molecule has 7 heavy (non-hydrogen) atoms. The van der Waals surface area contributed by atoms with Crippen LogP contribution in [0.15, 0.2) is 10.2 Å². The normalized spacial score (nSPS) is 13.0. The van der Waals surface area contributed by atoms with E-state index in [-0.39, 0.29) is 0 Å². The Labute approximate surface area is 56.6 Å². The summed E-state index contributed by atoms with van der Waals surface area (Å²) < 4.78 is 0.874. The van der Waals surface area contributed by atoms with Crippen LogP contribution < -0.4 is 5.73 Å².